The van der Waals surface area contributed by atoms with Crippen LogP contribution in [-0.4, -0.2) is 142 Å². The third kappa shape index (κ3) is 21.1. The van der Waals surface area contributed by atoms with E-state index in [-0.39, 0.29) is 5.96 Å². The quantitative estimate of drug-likeness (QED) is 0.0807. The summed E-state index contributed by atoms with van der Waals surface area (Å²) >= 11 is 19.8. The van der Waals surface area contributed by atoms with Gasteiger partial charge in [-0.3, -0.25) is 4.99 Å². The summed E-state index contributed by atoms with van der Waals surface area (Å²) in [6.07, 6.45) is 6.49. The van der Waals surface area contributed by atoms with Crippen molar-refractivity contribution in [1.82, 2.24) is 45.2 Å². The second-order valence-electron chi connectivity index (χ2n) is 12.8. The van der Waals surface area contributed by atoms with Gasteiger partial charge in [-0.1, -0.05) is 47.8 Å². The minimum atomic E-state index is -0.748. The van der Waals surface area contributed by atoms with Gasteiger partial charge >= 0.3 is 0 Å². The number of hydrogen-bond acceptors (Lipinski definition) is 14. The molecule has 342 valence electrons. The molecule has 5 rings (SSSR count). The molecule has 0 aliphatic carbocycles. The number of nitro groups is 3. The van der Waals surface area contributed by atoms with Crippen LogP contribution in [0, 0.1) is 36.3 Å². The van der Waals surface area contributed by atoms with Crippen molar-refractivity contribution in [3.63, 3.8) is 0 Å². The van der Waals surface area contributed by atoms with Crippen molar-refractivity contribution in [3.05, 3.63) is 90.5 Å². The highest BCUT2D eigenvalue weighted by atomic mass is 35.5. The topological polar surface area (TPSA) is 273 Å². The first-order chi connectivity index (χ1) is 29.4. The zero-order chi connectivity index (χ0) is 46.2. The van der Waals surface area contributed by atoms with Gasteiger partial charge in [0.25, 0.3) is 11.9 Å². The number of thiazole rings is 2. The number of rotatable bonds is 12. The fourth-order valence-electron chi connectivity index (χ4n) is 5.03. The van der Waals surface area contributed by atoms with Crippen LogP contribution in [0.5, 0.6) is 0 Å². The fraction of sp³-hybridized carbons (Fsp3) is 0.545. The van der Waals surface area contributed by atoms with Crippen molar-refractivity contribution in [1.29, 1.82) is 0 Å². The standard InChI is InChI=1S/C9H12ClN5O2.C9H16N4O4.C8H12ClN3S.C7H9ClN4O2S/c1-11-9(13-15(16)17)14(2)6-7-3-4-8(10)12-5-7;1-11-6-17-7-12(9(11)10-13(14)15)4-8-2-3-16-5-8;1-6(10-2)12(3)5-7-4-11-8(9)13-7;1-2-6(11-12(13)14)9-3-5-4-10-7(8)15-5/h3-5H,6H2,1-2H3,(H,11,13);8H,2-7H2,1H3;4H,5H2,1-3H3;4H,2-3H2,1H3,(H,9,11)/b;10-9+;;. The number of halogens is 3. The maximum Gasteiger partial charge on any atom is 0.277 e. The Morgan fingerprint density at radius 2 is 1.60 bits per heavy atom. The molecule has 62 heavy (non-hydrogen) atoms. The van der Waals surface area contributed by atoms with Gasteiger partial charge in [-0.2, -0.15) is 0 Å². The molecule has 24 nitrogen and oxygen atoms in total. The van der Waals surface area contributed by atoms with E-state index in [1.165, 1.54) is 22.7 Å². The second kappa shape index (κ2) is 28.5. The van der Waals surface area contributed by atoms with Crippen molar-refractivity contribution >= 4 is 81.1 Å². The van der Waals surface area contributed by atoms with Crippen LogP contribution in [0.2, 0.25) is 14.1 Å². The first kappa shape index (κ1) is 53.0. The van der Waals surface area contributed by atoms with E-state index in [0.717, 1.165) is 40.7 Å². The lowest BCUT2D eigenvalue weighted by Crippen LogP contribution is -2.51. The molecule has 0 spiro atoms. The van der Waals surface area contributed by atoms with Crippen molar-refractivity contribution < 1.29 is 24.6 Å². The van der Waals surface area contributed by atoms with Crippen molar-refractivity contribution in [2.45, 2.75) is 46.3 Å². The molecule has 2 N–H and O–H groups in total. The molecule has 2 aliphatic rings. The SMILES string of the molecule is CC/C(=N\[N+](=O)[O-])NCc1cnc(Cl)s1.CN/C(=N\[N+](=O)[O-])N(C)Cc1ccc(Cl)nc1.CN1COCN(CC2CCOC2)/C1=N/[N+](=O)[O-].CN=C(C)N(C)Cc1cnc(Cl)s1. The molecule has 5 heterocycles. The Hall–Kier alpha value is -5.12. The Morgan fingerprint density at radius 3 is 2.10 bits per heavy atom. The van der Waals surface area contributed by atoms with Crippen LogP contribution in [0.15, 0.2) is 51.0 Å². The molecule has 29 heteroatoms. The third-order valence-corrected chi connectivity index (χ3v) is 10.6. The molecule has 0 saturated carbocycles. The van der Waals surface area contributed by atoms with Gasteiger partial charge in [0.2, 0.25) is 0 Å². The molecule has 3 aromatic rings. The third-order valence-electron chi connectivity index (χ3n) is 8.12. The molecule has 0 aromatic carbocycles. The summed E-state index contributed by atoms with van der Waals surface area (Å²) < 4.78 is 11.7. The Bertz CT molecular complexity index is 1980. The molecule has 0 radical (unpaired) electrons. The van der Waals surface area contributed by atoms with E-state index >= 15 is 0 Å². The van der Waals surface area contributed by atoms with Gasteiger partial charge in [0.05, 0.1) is 30.6 Å². The van der Waals surface area contributed by atoms with Crippen LogP contribution in [0.3, 0.4) is 0 Å². The highest BCUT2D eigenvalue weighted by Gasteiger charge is 2.28. The van der Waals surface area contributed by atoms with Gasteiger partial charge in [0.1, 0.15) is 28.8 Å². The minimum absolute atomic E-state index is 0.171. The molecule has 1 atom stereocenters. The zero-order valence-corrected chi connectivity index (χ0v) is 38.9. The highest BCUT2D eigenvalue weighted by molar-refractivity contribution is 7.16. The number of amidine groups is 2. The van der Waals surface area contributed by atoms with Crippen molar-refractivity contribution in [2.75, 3.05) is 68.5 Å². The number of pyridine rings is 1. The lowest BCUT2D eigenvalue weighted by molar-refractivity contribution is -0.486. The maximum atomic E-state index is 10.5. The number of guanidine groups is 2. The molecule has 1 unspecified atom stereocenters. The maximum absolute atomic E-state index is 10.5. The van der Waals surface area contributed by atoms with E-state index in [1.807, 2.05) is 14.0 Å². The summed E-state index contributed by atoms with van der Waals surface area (Å²) in [6.45, 7) is 8.27. The normalized spacial score (nSPS) is 15.9. The Labute approximate surface area is 380 Å². The predicted molar refractivity (Wildman–Crippen MR) is 239 cm³/mol. The van der Waals surface area contributed by atoms with Crippen LogP contribution in [0.25, 0.3) is 0 Å². The first-order valence-electron chi connectivity index (χ1n) is 18.3. The average Bonchev–Trinajstić information content (AvgIpc) is 4.00. The van der Waals surface area contributed by atoms with Gasteiger partial charge < -0.3 is 39.7 Å². The van der Waals surface area contributed by atoms with Gasteiger partial charge in [-0.05, 0) is 25.0 Å². The molecular weight excluding hydrogens is 919 g/mol. The first-order valence-corrected chi connectivity index (χ1v) is 21.1. The number of aromatic nitrogens is 3. The number of nitrogens with one attached hydrogen (secondary N) is 2. The number of nitrogens with zero attached hydrogens (tertiary/aromatic N) is 14. The van der Waals surface area contributed by atoms with Crippen LogP contribution in [-0.2, 0) is 29.1 Å². The molecule has 3 aromatic heterocycles. The average molecular weight is 968 g/mol. The second-order valence-corrected chi connectivity index (χ2v) is 16.6. The van der Waals surface area contributed by atoms with Crippen LogP contribution in [0.1, 0.15) is 42.0 Å². The van der Waals surface area contributed by atoms with Gasteiger partial charge in [0.15, 0.2) is 29.9 Å². The summed E-state index contributed by atoms with van der Waals surface area (Å²) in [7, 11) is 8.76. The fourth-order valence-corrected chi connectivity index (χ4v) is 7.09. The monoisotopic (exact) mass is 966 g/mol. The van der Waals surface area contributed by atoms with Gasteiger partial charge in [-0.25, -0.2) is 45.3 Å². The molecular formula is C33H49Cl3N16O8S2. The predicted octanol–water partition coefficient (Wildman–Crippen LogP) is 4.85. The smallest absolute Gasteiger partial charge is 0.277 e. The molecule has 2 aliphatic heterocycles. The van der Waals surface area contributed by atoms with Crippen molar-refractivity contribution in [3.8, 4) is 0 Å². The lowest BCUT2D eigenvalue weighted by Gasteiger charge is -2.35. The molecule has 0 amide bonds. The van der Waals surface area contributed by atoms with Crippen LogP contribution in [0.4, 0.5) is 0 Å². The summed E-state index contributed by atoms with van der Waals surface area (Å²) in [5, 5.41) is 44.5. The van der Waals surface area contributed by atoms with Crippen LogP contribution >= 0.6 is 57.5 Å². The van der Waals surface area contributed by atoms with Crippen molar-refractivity contribution in [2.24, 2.45) is 26.2 Å². The number of hydrogen-bond donors (Lipinski definition) is 2. The van der Waals surface area contributed by atoms with Crippen LogP contribution < -0.4 is 10.6 Å². The molecule has 2 fully saturated rings. The van der Waals surface area contributed by atoms with E-state index in [1.54, 1.807) is 80.5 Å². The minimum Gasteiger partial charge on any atom is -0.381 e. The lowest BCUT2D eigenvalue weighted by atomic mass is 10.1. The van der Waals surface area contributed by atoms with E-state index < -0.39 is 15.1 Å². The van der Waals surface area contributed by atoms with Gasteiger partial charge in [0, 0.05) is 95.6 Å². The summed E-state index contributed by atoms with van der Waals surface area (Å²) in [5.41, 5.74) is 0.878. The summed E-state index contributed by atoms with van der Waals surface area (Å²) in [6, 6.07) is 3.46. The number of hydrazone groups is 3. The number of aliphatic imine (C=N–C) groups is 1. The molecule has 2 saturated heterocycles. The Kier molecular flexibility index (Phi) is 24.3. The van der Waals surface area contributed by atoms with E-state index in [9.17, 15) is 30.3 Å². The Morgan fingerprint density at radius 1 is 0.935 bits per heavy atom. The summed E-state index contributed by atoms with van der Waals surface area (Å²) in [5.74, 6) is 2.26. The molecule has 0 bridgehead atoms. The van der Waals surface area contributed by atoms with E-state index in [2.05, 4.69) is 50.8 Å². The van der Waals surface area contributed by atoms with E-state index in [4.69, 9.17) is 44.3 Å². The highest BCUT2D eigenvalue weighted by Crippen LogP contribution is 2.20. The van der Waals surface area contributed by atoms with Gasteiger partial charge in [-0.15, -0.1) is 22.7 Å². The number of ether oxygens (including phenoxy) is 2. The zero-order valence-electron chi connectivity index (χ0n) is 35.0. The summed E-state index contributed by atoms with van der Waals surface area (Å²) in [4.78, 5) is 55.9. The largest absolute Gasteiger partial charge is 0.381 e. The Balaban J connectivity index is 0.000000286. The van der Waals surface area contributed by atoms with E-state index in [0.29, 0.717) is 77.9 Å².